The SMILES string of the molecule is COc1ccc2c(=O)cc([C]3[CH][CH][CH][CH]3)oc2c1. The summed E-state index contributed by atoms with van der Waals surface area (Å²) in [7, 11) is 1.58. The Balaban J connectivity index is 2.14. The lowest BCUT2D eigenvalue weighted by atomic mass is 10.0. The molecule has 89 valence electrons. The van der Waals surface area contributed by atoms with E-state index in [0.717, 1.165) is 5.92 Å². The molecule has 0 bridgehead atoms. The van der Waals surface area contributed by atoms with Crippen molar-refractivity contribution in [2.24, 2.45) is 0 Å². The van der Waals surface area contributed by atoms with Crippen LogP contribution in [0.3, 0.4) is 0 Å². The Morgan fingerprint density at radius 2 is 1.89 bits per heavy atom. The van der Waals surface area contributed by atoms with Gasteiger partial charge in [-0.2, -0.15) is 0 Å². The quantitative estimate of drug-likeness (QED) is 0.808. The molecular formula is C15H11O3. The fourth-order valence-corrected chi connectivity index (χ4v) is 1.94. The molecule has 0 unspecified atom stereocenters. The van der Waals surface area contributed by atoms with E-state index in [2.05, 4.69) is 0 Å². The van der Waals surface area contributed by atoms with Gasteiger partial charge in [0.25, 0.3) is 0 Å². The molecule has 3 rings (SSSR count). The number of ether oxygens (including phenoxy) is 1. The van der Waals surface area contributed by atoms with Gasteiger partial charge in [-0.05, 0) is 37.8 Å². The van der Waals surface area contributed by atoms with E-state index < -0.39 is 0 Å². The molecule has 0 N–H and O–H groups in total. The molecule has 3 heteroatoms. The first kappa shape index (κ1) is 11.3. The Morgan fingerprint density at radius 1 is 1.11 bits per heavy atom. The fourth-order valence-electron chi connectivity index (χ4n) is 1.94. The number of benzene rings is 1. The average Bonchev–Trinajstić information content (AvgIpc) is 2.91. The zero-order chi connectivity index (χ0) is 12.5. The van der Waals surface area contributed by atoms with Crippen LogP contribution in [0, 0.1) is 31.6 Å². The van der Waals surface area contributed by atoms with Gasteiger partial charge in [0.2, 0.25) is 0 Å². The van der Waals surface area contributed by atoms with E-state index in [1.54, 1.807) is 25.3 Å². The molecule has 2 aromatic rings. The van der Waals surface area contributed by atoms with Gasteiger partial charge in [-0.15, -0.1) is 0 Å². The highest BCUT2D eigenvalue weighted by atomic mass is 16.5. The summed E-state index contributed by atoms with van der Waals surface area (Å²) in [6, 6.07) is 6.71. The molecule has 1 saturated carbocycles. The van der Waals surface area contributed by atoms with Gasteiger partial charge in [-0.25, -0.2) is 0 Å². The van der Waals surface area contributed by atoms with Gasteiger partial charge in [0.05, 0.1) is 12.5 Å². The number of rotatable bonds is 2. The van der Waals surface area contributed by atoms with Gasteiger partial charge in [-0.1, -0.05) is 0 Å². The summed E-state index contributed by atoms with van der Waals surface area (Å²) in [5, 5.41) is 0.561. The van der Waals surface area contributed by atoms with E-state index in [4.69, 9.17) is 9.15 Å². The first-order valence-corrected chi connectivity index (χ1v) is 5.62. The van der Waals surface area contributed by atoms with Gasteiger partial charge in [0.1, 0.15) is 17.1 Å². The lowest BCUT2D eigenvalue weighted by molar-refractivity contribution is 0.414. The summed E-state index contributed by atoms with van der Waals surface area (Å²) in [6.45, 7) is 0. The van der Waals surface area contributed by atoms with Gasteiger partial charge >= 0.3 is 0 Å². The van der Waals surface area contributed by atoms with Crippen LogP contribution in [-0.2, 0) is 0 Å². The van der Waals surface area contributed by atoms with Crippen LogP contribution in [0.1, 0.15) is 5.76 Å². The zero-order valence-electron chi connectivity index (χ0n) is 9.84. The molecule has 0 atom stereocenters. The number of hydrogen-bond donors (Lipinski definition) is 0. The minimum Gasteiger partial charge on any atom is -0.497 e. The number of methoxy groups -OCH3 is 1. The molecule has 1 heterocycles. The Morgan fingerprint density at radius 3 is 2.61 bits per heavy atom. The van der Waals surface area contributed by atoms with E-state index in [0.29, 0.717) is 22.5 Å². The molecule has 0 spiro atoms. The van der Waals surface area contributed by atoms with Crippen LogP contribution in [0.2, 0.25) is 0 Å². The second-order valence-corrected chi connectivity index (χ2v) is 4.01. The smallest absolute Gasteiger partial charge is 0.192 e. The van der Waals surface area contributed by atoms with Crippen molar-refractivity contribution in [2.45, 2.75) is 0 Å². The van der Waals surface area contributed by atoms with E-state index in [1.807, 2.05) is 25.7 Å². The molecule has 18 heavy (non-hydrogen) atoms. The third-order valence-electron chi connectivity index (χ3n) is 2.88. The van der Waals surface area contributed by atoms with Gasteiger partial charge in [0, 0.05) is 18.1 Å². The van der Waals surface area contributed by atoms with Crippen molar-refractivity contribution >= 4 is 11.0 Å². The van der Waals surface area contributed by atoms with Crippen LogP contribution in [-0.4, -0.2) is 7.11 Å². The highest BCUT2D eigenvalue weighted by molar-refractivity contribution is 5.78. The van der Waals surface area contributed by atoms with Gasteiger partial charge in [-0.3, -0.25) is 4.79 Å². The normalized spacial score (nSPS) is 16.3. The van der Waals surface area contributed by atoms with Crippen molar-refractivity contribution in [3.63, 3.8) is 0 Å². The highest BCUT2D eigenvalue weighted by Gasteiger charge is 2.22. The maximum atomic E-state index is 12.0. The molecule has 1 aliphatic rings. The monoisotopic (exact) mass is 239 g/mol. The molecule has 3 nitrogen and oxygen atoms in total. The summed E-state index contributed by atoms with van der Waals surface area (Å²) < 4.78 is 10.9. The van der Waals surface area contributed by atoms with Gasteiger partial charge in [0.15, 0.2) is 5.43 Å². The lowest BCUT2D eigenvalue weighted by Gasteiger charge is -2.08. The fraction of sp³-hybridized carbons (Fsp3) is 0.0667. The zero-order valence-corrected chi connectivity index (χ0v) is 9.84. The topological polar surface area (TPSA) is 39.4 Å². The highest BCUT2D eigenvalue weighted by Crippen LogP contribution is 2.31. The summed E-state index contributed by atoms with van der Waals surface area (Å²) in [6.07, 6.45) is 7.63. The van der Waals surface area contributed by atoms with Crippen molar-refractivity contribution in [1.29, 1.82) is 0 Å². The third kappa shape index (κ3) is 1.90. The van der Waals surface area contributed by atoms with Crippen molar-refractivity contribution in [3.8, 4) is 5.75 Å². The van der Waals surface area contributed by atoms with Crippen molar-refractivity contribution in [3.05, 3.63) is 71.9 Å². The summed E-state index contributed by atoms with van der Waals surface area (Å²) in [5.74, 6) is 2.15. The minimum absolute atomic E-state index is 0.0462. The van der Waals surface area contributed by atoms with Crippen molar-refractivity contribution in [2.75, 3.05) is 7.11 Å². The van der Waals surface area contributed by atoms with E-state index in [1.165, 1.54) is 6.07 Å². The summed E-state index contributed by atoms with van der Waals surface area (Å²) >= 11 is 0. The van der Waals surface area contributed by atoms with E-state index >= 15 is 0 Å². The first-order valence-electron chi connectivity index (χ1n) is 5.62. The molecular weight excluding hydrogens is 228 g/mol. The van der Waals surface area contributed by atoms with E-state index in [9.17, 15) is 4.79 Å². The lowest BCUT2D eigenvalue weighted by Crippen LogP contribution is -2.05. The molecule has 1 aromatic carbocycles. The first-order chi connectivity index (χ1) is 8.78. The molecule has 1 fully saturated rings. The summed E-state index contributed by atoms with van der Waals surface area (Å²) in [4.78, 5) is 12.0. The molecule has 0 aliphatic heterocycles. The largest absolute Gasteiger partial charge is 0.497 e. The van der Waals surface area contributed by atoms with Crippen LogP contribution in [0.5, 0.6) is 5.75 Å². The van der Waals surface area contributed by atoms with E-state index in [-0.39, 0.29) is 5.43 Å². The van der Waals surface area contributed by atoms with Crippen molar-refractivity contribution < 1.29 is 9.15 Å². The molecule has 1 aliphatic carbocycles. The molecule has 1 aromatic heterocycles. The Bertz CT molecular complexity index is 621. The van der Waals surface area contributed by atoms with Gasteiger partial charge < -0.3 is 9.15 Å². The number of fused-ring (bicyclic) bond motifs is 1. The maximum Gasteiger partial charge on any atom is 0.192 e. The Hall–Kier alpha value is -1.77. The van der Waals surface area contributed by atoms with Crippen molar-refractivity contribution in [1.82, 2.24) is 0 Å². The Labute approximate surface area is 105 Å². The predicted molar refractivity (Wildman–Crippen MR) is 68.6 cm³/mol. The third-order valence-corrected chi connectivity index (χ3v) is 2.88. The number of hydrogen-bond acceptors (Lipinski definition) is 3. The maximum absolute atomic E-state index is 12.0. The Kier molecular flexibility index (Phi) is 2.82. The minimum atomic E-state index is -0.0462. The van der Waals surface area contributed by atoms with Crippen LogP contribution in [0.25, 0.3) is 11.0 Å². The predicted octanol–water partition coefficient (Wildman–Crippen LogP) is 2.55. The average molecular weight is 239 g/mol. The second kappa shape index (κ2) is 4.48. The standard InChI is InChI=1S/C15H11O3/c1-17-11-6-7-12-13(16)9-14(18-15(12)8-11)10-4-2-3-5-10/h2-9H,1H3. The second-order valence-electron chi connectivity index (χ2n) is 4.01. The van der Waals surface area contributed by atoms with Crippen LogP contribution >= 0.6 is 0 Å². The van der Waals surface area contributed by atoms with Crippen LogP contribution in [0.4, 0.5) is 0 Å². The van der Waals surface area contributed by atoms with Crippen LogP contribution < -0.4 is 10.2 Å². The van der Waals surface area contributed by atoms with Crippen LogP contribution in [0.15, 0.2) is 33.5 Å². The molecule has 5 radical (unpaired) electrons. The molecule has 0 saturated heterocycles. The summed E-state index contributed by atoms with van der Waals surface area (Å²) in [5.41, 5.74) is 0.494. The molecule has 0 amide bonds.